The summed E-state index contributed by atoms with van der Waals surface area (Å²) >= 11 is 0. The fourth-order valence-electron chi connectivity index (χ4n) is 0.262. The molecule has 0 unspecified atom stereocenters. The minimum Gasteiger partial charge on any atom is -0.204 e. The summed E-state index contributed by atoms with van der Waals surface area (Å²) in [6.45, 7) is 1.30. The summed E-state index contributed by atoms with van der Waals surface area (Å²) in [7, 11) is -3.73. The Kier molecular flexibility index (Phi) is 1.24. The summed E-state index contributed by atoms with van der Waals surface area (Å²) < 4.78 is 24.1. The van der Waals surface area contributed by atoms with E-state index in [-0.39, 0.29) is 0 Å². The van der Waals surface area contributed by atoms with Gasteiger partial charge in [0.2, 0.25) is 0 Å². The molecule has 0 aromatic rings. The van der Waals surface area contributed by atoms with Crippen LogP contribution in [0.4, 0.5) is 0 Å². The summed E-state index contributed by atoms with van der Waals surface area (Å²) in [5, 5.41) is 5.73. The highest BCUT2D eigenvalue weighted by Gasteiger charge is 2.23. The average molecular weight is 138 g/mol. The molecule has 0 aromatic heterocycles. The van der Waals surface area contributed by atoms with Gasteiger partial charge >= 0.3 is 10.3 Å². The van der Waals surface area contributed by atoms with Gasteiger partial charge in [0, 0.05) is 13.1 Å². The second kappa shape index (κ2) is 1.66. The number of nitrogens with two attached hydrogens (primary N) is 1. The second-order valence-electron chi connectivity index (χ2n) is 1.50. The maximum atomic E-state index is 10.00. The predicted molar refractivity (Wildman–Crippen MR) is 25.8 cm³/mol. The maximum absolute atomic E-state index is 10.00. The molecular weight excluding hydrogens is 132 g/mol. The molecule has 1 rings (SSSR count). The molecule has 6 heteroatoms. The predicted octanol–water partition coefficient (Wildman–Crippen LogP) is -1.56. The molecule has 0 aliphatic carbocycles. The topological polar surface area (TPSA) is 72.4 Å². The first kappa shape index (κ1) is 5.96. The number of rotatable bonds is 2. The fraction of sp³-hybridized carbons (Fsp3) is 1.00. The van der Waals surface area contributed by atoms with Gasteiger partial charge in [-0.25, -0.2) is 5.14 Å². The quantitative estimate of drug-likeness (QED) is 0.468. The van der Waals surface area contributed by atoms with Gasteiger partial charge in [-0.05, 0) is 0 Å². The SMILES string of the molecule is NS(=O)(=O)ON1CC1. The van der Waals surface area contributed by atoms with Crippen LogP contribution in [0.1, 0.15) is 0 Å². The molecule has 0 saturated carbocycles. The normalized spacial score (nSPS) is 21.1. The van der Waals surface area contributed by atoms with Gasteiger partial charge in [0.25, 0.3) is 0 Å². The summed E-state index contributed by atoms with van der Waals surface area (Å²) in [6, 6.07) is 0. The van der Waals surface area contributed by atoms with Crippen LogP contribution < -0.4 is 5.14 Å². The molecule has 0 aromatic carbocycles. The smallest absolute Gasteiger partial charge is 0.204 e. The molecule has 0 bridgehead atoms. The minimum absolute atomic E-state index is 0.649. The van der Waals surface area contributed by atoms with Crippen molar-refractivity contribution in [2.45, 2.75) is 0 Å². The number of hydrogen-bond acceptors (Lipinski definition) is 4. The van der Waals surface area contributed by atoms with Gasteiger partial charge in [0.15, 0.2) is 0 Å². The van der Waals surface area contributed by atoms with Gasteiger partial charge in [-0.1, -0.05) is 0 Å². The summed E-state index contributed by atoms with van der Waals surface area (Å²) in [4.78, 5) is 0. The van der Waals surface area contributed by atoms with Crippen molar-refractivity contribution in [3.05, 3.63) is 0 Å². The molecule has 1 saturated heterocycles. The lowest BCUT2D eigenvalue weighted by molar-refractivity contribution is 0.0789. The van der Waals surface area contributed by atoms with Crippen molar-refractivity contribution >= 4 is 10.3 Å². The fourth-order valence-corrected chi connectivity index (χ4v) is 0.705. The average Bonchev–Trinajstić information content (AvgIpc) is 2.12. The second-order valence-corrected chi connectivity index (χ2v) is 2.63. The van der Waals surface area contributed by atoms with Crippen LogP contribution in [0.25, 0.3) is 0 Å². The van der Waals surface area contributed by atoms with Gasteiger partial charge in [0.1, 0.15) is 0 Å². The lowest BCUT2D eigenvalue weighted by atomic mass is 11.0. The monoisotopic (exact) mass is 138 g/mol. The Morgan fingerprint density at radius 2 is 2.00 bits per heavy atom. The first-order valence-corrected chi connectivity index (χ1v) is 3.52. The van der Waals surface area contributed by atoms with E-state index < -0.39 is 10.3 Å². The minimum atomic E-state index is -3.73. The number of hydrogen-bond donors (Lipinski definition) is 1. The van der Waals surface area contributed by atoms with E-state index in [9.17, 15) is 8.42 Å². The molecule has 0 amide bonds. The molecule has 1 aliphatic heterocycles. The molecule has 1 heterocycles. The number of hydroxylamine groups is 2. The summed E-state index contributed by atoms with van der Waals surface area (Å²) in [6.07, 6.45) is 0. The van der Waals surface area contributed by atoms with E-state index in [0.717, 1.165) is 0 Å². The van der Waals surface area contributed by atoms with Crippen LogP contribution in [-0.2, 0) is 14.6 Å². The zero-order valence-electron chi connectivity index (χ0n) is 4.07. The largest absolute Gasteiger partial charge is 0.349 e. The Labute approximate surface area is 47.2 Å². The Hall–Kier alpha value is -0.170. The Balaban J connectivity index is 2.38. The molecule has 0 spiro atoms. The molecule has 48 valence electrons. The summed E-state index contributed by atoms with van der Waals surface area (Å²) in [5.41, 5.74) is 0. The van der Waals surface area contributed by atoms with E-state index in [1.807, 2.05) is 0 Å². The van der Waals surface area contributed by atoms with Crippen molar-refractivity contribution in [3.8, 4) is 0 Å². The molecule has 8 heavy (non-hydrogen) atoms. The van der Waals surface area contributed by atoms with Crippen molar-refractivity contribution in [2.75, 3.05) is 13.1 Å². The van der Waals surface area contributed by atoms with Gasteiger partial charge < -0.3 is 0 Å². The Morgan fingerprint density at radius 1 is 1.50 bits per heavy atom. The first-order chi connectivity index (χ1) is 3.58. The zero-order valence-corrected chi connectivity index (χ0v) is 4.89. The van der Waals surface area contributed by atoms with E-state index in [1.54, 1.807) is 0 Å². The highest BCUT2D eigenvalue weighted by molar-refractivity contribution is 7.84. The molecule has 2 N–H and O–H groups in total. The number of nitrogens with zero attached hydrogens (tertiary/aromatic N) is 1. The third kappa shape index (κ3) is 2.22. The molecular formula is C2H6N2O3S. The van der Waals surface area contributed by atoms with Crippen LogP contribution >= 0.6 is 0 Å². The third-order valence-corrected chi connectivity index (χ3v) is 1.03. The van der Waals surface area contributed by atoms with Crippen molar-refractivity contribution in [1.29, 1.82) is 0 Å². The van der Waals surface area contributed by atoms with Crippen LogP contribution in [0.2, 0.25) is 0 Å². The lowest BCUT2D eigenvalue weighted by Crippen LogP contribution is -2.18. The lowest BCUT2D eigenvalue weighted by Gasteiger charge is -1.94. The molecule has 5 nitrogen and oxygen atoms in total. The van der Waals surface area contributed by atoms with Gasteiger partial charge in [0.05, 0.1) is 0 Å². The van der Waals surface area contributed by atoms with Gasteiger partial charge in [-0.2, -0.15) is 17.8 Å². The van der Waals surface area contributed by atoms with E-state index in [2.05, 4.69) is 9.42 Å². The van der Waals surface area contributed by atoms with E-state index in [0.29, 0.717) is 13.1 Å². The van der Waals surface area contributed by atoms with Crippen molar-refractivity contribution < 1.29 is 12.7 Å². The summed E-state index contributed by atoms with van der Waals surface area (Å²) in [5.74, 6) is 0. The van der Waals surface area contributed by atoms with E-state index in [4.69, 9.17) is 0 Å². The van der Waals surface area contributed by atoms with Crippen LogP contribution in [-0.4, -0.2) is 26.6 Å². The Bertz CT molecular complexity index is 170. The standard InChI is InChI=1S/C2H6N2O3S/c3-8(5,6)7-4-1-2-4/h1-2H2,(H2,3,5,6). The van der Waals surface area contributed by atoms with Gasteiger partial charge in [-0.15, -0.1) is 0 Å². The van der Waals surface area contributed by atoms with E-state index in [1.165, 1.54) is 5.06 Å². The highest BCUT2D eigenvalue weighted by Crippen LogP contribution is 2.04. The van der Waals surface area contributed by atoms with Gasteiger partial charge in [-0.3, -0.25) is 0 Å². The van der Waals surface area contributed by atoms with Crippen LogP contribution in [0.3, 0.4) is 0 Å². The molecule has 1 fully saturated rings. The van der Waals surface area contributed by atoms with E-state index >= 15 is 0 Å². The molecule has 0 atom stereocenters. The van der Waals surface area contributed by atoms with Crippen molar-refractivity contribution in [3.63, 3.8) is 0 Å². The van der Waals surface area contributed by atoms with Crippen molar-refractivity contribution in [1.82, 2.24) is 5.06 Å². The third-order valence-electron chi connectivity index (χ3n) is 0.615. The van der Waals surface area contributed by atoms with Crippen LogP contribution in [0.15, 0.2) is 0 Å². The molecule has 0 radical (unpaired) electrons. The maximum Gasteiger partial charge on any atom is 0.349 e. The van der Waals surface area contributed by atoms with Crippen LogP contribution in [0, 0.1) is 0 Å². The van der Waals surface area contributed by atoms with Crippen molar-refractivity contribution in [2.24, 2.45) is 5.14 Å². The Morgan fingerprint density at radius 3 is 2.12 bits per heavy atom. The first-order valence-electron chi connectivity index (χ1n) is 2.05. The van der Waals surface area contributed by atoms with Crippen LogP contribution in [0.5, 0.6) is 0 Å². The zero-order chi connectivity index (χ0) is 6.20. The molecule has 1 aliphatic rings. The highest BCUT2D eigenvalue weighted by atomic mass is 32.2.